The van der Waals surface area contributed by atoms with Gasteiger partial charge in [0, 0.05) is 18.8 Å². The predicted octanol–water partition coefficient (Wildman–Crippen LogP) is 4.18. The average molecular weight is 429 g/mol. The number of ether oxygens (including phenoxy) is 1. The Morgan fingerprint density at radius 2 is 1.83 bits per heavy atom. The molecule has 2 rings (SSSR count). The van der Waals surface area contributed by atoms with E-state index >= 15 is 0 Å². The molecule has 2 aromatic carbocycles. The van der Waals surface area contributed by atoms with Gasteiger partial charge in [-0.15, -0.1) is 11.8 Å². The lowest BCUT2D eigenvalue weighted by Crippen LogP contribution is -2.49. The molecule has 6 heteroatoms. The number of amides is 2. The Hall–Kier alpha value is -2.47. The summed E-state index contributed by atoms with van der Waals surface area (Å²) in [5.74, 6) is 1.68. The molecule has 2 aromatic rings. The molecule has 0 fully saturated rings. The van der Waals surface area contributed by atoms with Crippen LogP contribution in [0.25, 0.3) is 0 Å². The number of benzene rings is 2. The molecule has 30 heavy (non-hydrogen) atoms. The maximum Gasteiger partial charge on any atom is 0.242 e. The van der Waals surface area contributed by atoms with Crippen LogP contribution in [0.1, 0.15) is 37.0 Å². The topological polar surface area (TPSA) is 58.6 Å². The van der Waals surface area contributed by atoms with E-state index in [0.717, 1.165) is 17.1 Å². The van der Waals surface area contributed by atoms with Crippen molar-refractivity contribution in [1.29, 1.82) is 0 Å². The van der Waals surface area contributed by atoms with Crippen LogP contribution in [-0.2, 0) is 21.9 Å². The fourth-order valence-corrected chi connectivity index (χ4v) is 4.18. The van der Waals surface area contributed by atoms with Crippen molar-refractivity contribution in [2.45, 2.75) is 45.5 Å². The molecule has 0 heterocycles. The van der Waals surface area contributed by atoms with Gasteiger partial charge in [0.2, 0.25) is 11.8 Å². The Balaban J connectivity index is 2.13. The Morgan fingerprint density at radius 3 is 2.50 bits per heavy atom. The van der Waals surface area contributed by atoms with Gasteiger partial charge in [0.1, 0.15) is 11.8 Å². The highest BCUT2D eigenvalue weighted by Gasteiger charge is 2.28. The first-order valence-electron chi connectivity index (χ1n) is 10.3. The fraction of sp³-hybridized carbons (Fsp3) is 0.417. The highest BCUT2D eigenvalue weighted by Crippen LogP contribution is 2.20. The summed E-state index contributed by atoms with van der Waals surface area (Å²) >= 11 is 1.58. The van der Waals surface area contributed by atoms with Crippen LogP contribution in [0.4, 0.5) is 0 Å². The summed E-state index contributed by atoms with van der Waals surface area (Å²) < 4.78 is 5.31. The second kappa shape index (κ2) is 12.3. The minimum Gasteiger partial charge on any atom is -0.497 e. The molecule has 1 N–H and O–H groups in total. The molecule has 0 aliphatic carbocycles. The molecule has 0 bridgehead atoms. The summed E-state index contributed by atoms with van der Waals surface area (Å²) in [7, 11) is 1.62. The summed E-state index contributed by atoms with van der Waals surface area (Å²) in [6, 6.07) is 15.4. The van der Waals surface area contributed by atoms with Crippen molar-refractivity contribution in [3.8, 4) is 5.75 Å². The van der Waals surface area contributed by atoms with Gasteiger partial charge in [-0.2, -0.15) is 0 Å². The lowest BCUT2D eigenvalue weighted by Gasteiger charge is -2.30. The van der Waals surface area contributed by atoms with Crippen LogP contribution in [0.2, 0.25) is 0 Å². The maximum absolute atomic E-state index is 13.2. The summed E-state index contributed by atoms with van der Waals surface area (Å²) in [5.41, 5.74) is 3.35. The molecular formula is C24H32N2O3S. The van der Waals surface area contributed by atoms with Gasteiger partial charge in [-0.3, -0.25) is 9.59 Å². The van der Waals surface area contributed by atoms with E-state index < -0.39 is 6.04 Å². The molecule has 0 saturated carbocycles. The third-order valence-corrected chi connectivity index (χ3v) is 5.79. The first kappa shape index (κ1) is 23.8. The quantitative estimate of drug-likeness (QED) is 0.583. The van der Waals surface area contributed by atoms with Gasteiger partial charge in [-0.1, -0.05) is 48.9 Å². The van der Waals surface area contributed by atoms with Gasteiger partial charge in [0.05, 0.1) is 12.9 Å². The monoisotopic (exact) mass is 428 g/mol. The van der Waals surface area contributed by atoms with Gasteiger partial charge >= 0.3 is 0 Å². The molecule has 2 amide bonds. The Morgan fingerprint density at radius 1 is 1.10 bits per heavy atom. The highest BCUT2D eigenvalue weighted by atomic mass is 32.2. The third-order valence-electron chi connectivity index (χ3n) is 4.80. The zero-order chi connectivity index (χ0) is 21.9. The smallest absolute Gasteiger partial charge is 0.242 e. The highest BCUT2D eigenvalue weighted by molar-refractivity contribution is 7.99. The third kappa shape index (κ3) is 7.10. The van der Waals surface area contributed by atoms with Crippen molar-refractivity contribution in [3.05, 3.63) is 65.2 Å². The Kier molecular flexibility index (Phi) is 9.74. The summed E-state index contributed by atoms with van der Waals surface area (Å²) in [4.78, 5) is 27.5. The minimum absolute atomic E-state index is 0.0337. The second-order valence-corrected chi connectivity index (χ2v) is 8.16. The number of nitrogens with one attached hydrogen (secondary N) is 1. The first-order chi connectivity index (χ1) is 14.5. The van der Waals surface area contributed by atoms with Crippen molar-refractivity contribution in [1.82, 2.24) is 10.2 Å². The largest absolute Gasteiger partial charge is 0.497 e. The molecule has 1 atom stereocenters. The van der Waals surface area contributed by atoms with E-state index in [2.05, 4.69) is 30.4 Å². The Labute approximate surface area is 184 Å². The number of hydrogen-bond acceptors (Lipinski definition) is 4. The first-order valence-corrected chi connectivity index (χ1v) is 11.5. The minimum atomic E-state index is -0.497. The van der Waals surface area contributed by atoms with Crippen LogP contribution in [0.3, 0.4) is 0 Å². The fourth-order valence-electron chi connectivity index (χ4n) is 3.32. The Bertz CT molecular complexity index is 841. The number of likely N-dealkylation sites (N-methyl/N-ethyl adjacent to an activating group) is 1. The summed E-state index contributed by atoms with van der Waals surface area (Å²) in [6.45, 7) is 6.80. The molecule has 5 nitrogen and oxygen atoms in total. The lowest BCUT2D eigenvalue weighted by atomic mass is 10.1. The number of carbonyl (C=O) groups excluding carboxylic acids is 2. The van der Waals surface area contributed by atoms with E-state index in [1.54, 1.807) is 23.8 Å². The molecule has 0 spiro atoms. The zero-order valence-corrected chi connectivity index (χ0v) is 19.1. The summed E-state index contributed by atoms with van der Waals surface area (Å²) in [6.07, 6.45) is 0.560. The number of hydrogen-bond donors (Lipinski definition) is 1. The van der Waals surface area contributed by atoms with Gasteiger partial charge in [-0.25, -0.2) is 0 Å². The van der Waals surface area contributed by atoms with Crippen LogP contribution in [0, 0.1) is 6.92 Å². The standard InChI is InChI=1S/C24H32N2O3S/c1-5-22(24(28)25-6-2)26(15-19-10-8-12-21(14-19)29-4)23(27)17-30-16-20-11-7-9-18(3)13-20/h7-14,22H,5-6,15-17H2,1-4H3,(H,25,28)/t22-/m1/s1. The van der Waals surface area contributed by atoms with E-state index in [1.807, 2.05) is 44.2 Å². The average Bonchev–Trinajstić information content (AvgIpc) is 2.74. The van der Waals surface area contributed by atoms with Crippen LogP contribution in [0.5, 0.6) is 5.75 Å². The van der Waals surface area contributed by atoms with Crippen LogP contribution < -0.4 is 10.1 Å². The molecule has 162 valence electrons. The van der Waals surface area contributed by atoms with E-state index in [0.29, 0.717) is 25.3 Å². The van der Waals surface area contributed by atoms with Gasteiger partial charge in [-0.05, 0) is 43.5 Å². The van der Waals surface area contributed by atoms with Gasteiger partial charge in [0.25, 0.3) is 0 Å². The number of carbonyl (C=O) groups is 2. The molecular weight excluding hydrogens is 396 g/mol. The van der Waals surface area contributed by atoms with E-state index in [4.69, 9.17) is 4.74 Å². The van der Waals surface area contributed by atoms with Crippen molar-refractivity contribution >= 4 is 23.6 Å². The number of thioether (sulfide) groups is 1. The van der Waals surface area contributed by atoms with Gasteiger partial charge < -0.3 is 15.0 Å². The SMILES string of the molecule is CCNC(=O)[C@@H](CC)N(Cc1cccc(OC)c1)C(=O)CSCc1cccc(C)c1. The van der Waals surface area contributed by atoms with Crippen LogP contribution in [-0.4, -0.2) is 42.2 Å². The van der Waals surface area contributed by atoms with Gasteiger partial charge in [0.15, 0.2) is 0 Å². The molecule has 0 saturated heterocycles. The number of methoxy groups -OCH3 is 1. The van der Waals surface area contributed by atoms with Crippen LogP contribution >= 0.6 is 11.8 Å². The van der Waals surface area contributed by atoms with E-state index in [-0.39, 0.29) is 11.8 Å². The van der Waals surface area contributed by atoms with Crippen molar-refractivity contribution < 1.29 is 14.3 Å². The number of aryl methyl sites for hydroxylation is 1. The maximum atomic E-state index is 13.2. The molecule has 0 aliphatic heterocycles. The normalized spacial score (nSPS) is 11.6. The summed E-state index contributed by atoms with van der Waals surface area (Å²) in [5, 5.41) is 2.86. The lowest BCUT2D eigenvalue weighted by molar-refractivity contribution is -0.139. The van der Waals surface area contributed by atoms with Crippen LogP contribution in [0.15, 0.2) is 48.5 Å². The van der Waals surface area contributed by atoms with Crippen molar-refractivity contribution in [2.75, 3.05) is 19.4 Å². The van der Waals surface area contributed by atoms with Crippen molar-refractivity contribution in [2.24, 2.45) is 0 Å². The second-order valence-electron chi connectivity index (χ2n) is 7.17. The molecule has 0 radical (unpaired) electrons. The molecule has 0 aromatic heterocycles. The number of rotatable bonds is 11. The predicted molar refractivity (Wildman–Crippen MR) is 124 cm³/mol. The molecule has 0 aliphatic rings. The molecule has 0 unspecified atom stereocenters. The number of nitrogens with zero attached hydrogens (tertiary/aromatic N) is 1. The van der Waals surface area contributed by atoms with E-state index in [9.17, 15) is 9.59 Å². The van der Waals surface area contributed by atoms with E-state index in [1.165, 1.54) is 11.1 Å². The zero-order valence-electron chi connectivity index (χ0n) is 18.3. The van der Waals surface area contributed by atoms with Crippen molar-refractivity contribution in [3.63, 3.8) is 0 Å².